The summed E-state index contributed by atoms with van der Waals surface area (Å²) in [4.78, 5) is 37.2. The number of hydrogen-bond donors (Lipinski definition) is 0. The van der Waals surface area contributed by atoms with Gasteiger partial charge in [-0.3, -0.25) is 4.57 Å². The van der Waals surface area contributed by atoms with Crippen molar-refractivity contribution in [3.63, 3.8) is 0 Å². The van der Waals surface area contributed by atoms with E-state index < -0.39 is 39.1 Å². The standard InChI is InChI=1S/C48H72NO8P/c1-6-8-10-12-14-16-18-20-22-24-26-28-30-32-34-36-38-40-47(50)54-44-46(45-56-58(52,53)55-43-42-49(3,4)5)57-48(51)41-39-37-35-33-31-29-27-25-23-21-19-17-15-13-11-9-7-2/h18-41,46H,6-17,42-45H2,1-5H3/t46-/m1/s1. The molecule has 2 atom stereocenters. The molecule has 0 amide bonds. The highest BCUT2D eigenvalue weighted by Crippen LogP contribution is 2.38. The quantitative estimate of drug-likeness (QED) is 0.0158. The molecule has 0 aromatic carbocycles. The van der Waals surface area contributed by atoms with Crippen LogP contribution in [-0.4, -0.2) is 70.0 Å². The normalized spacial score (nSPS) is 15.1. The largest absolute Gasteiger partial charge is 0.756 e. The fourth-order valence-electron chi connectivity index (χ4n) is 4.56. The third kappa shape index (κ3) is 41.5. The van der Waals surface area contributed by atoms with E-state index in [1.807, 2.05) is 88.0 Å². The van der Waals surface area contributed by atoms with E-state index in [9.17, 15) is 19.0 Å². The molecule has 1 unspecified atom stereocenters. The van der Waals surface area contributed by atoms with Gasteiger partial charge in [-0.15, -0.1) is 0 Å². The van der Waals surface area contributed by atoms with E-state index in [-0.39, 0.29) is 6.61 Å². The van der Waals surface area contributed by atoms with Gasteiger partial charge in [-0.2, -0.15) is 0 Å². The number of carbonyl (C=O) groups is 2. The Balaban J connectivity index is 4.93. The van der Waals surface area contributed by atoms with Crippen molar-refractivity contribution in [2.75, 3.05) is 47.5 Å². The SMILES string of the molecule is CCCCCCCC=CC=CC=CC=CC=CC=CC(=O)OC[C@H](COP(=O)([O-])OCC[N+](C)(C)C)OC(=O)C=CC=CC=CC=CC=CC=CCCCCCCC. The van der Waals surface area contributed by atoms with E-state index in [0.29, 0.717) is 11.0 Å². The van der Waals surface area contributed by atoms with Gasteiger partial charge < -0.3 is 27.9 Å². The molecule has 0 saturated heterocycles. The number of likely N-dealkylation sites (N-methyl/N-ethyl adjacent to an activating group) is 1. The van der Waals surface area contributed by atoms with E-state index in [1.165, 1.54) is 88.5 Å². The lowest BCUT2D eigenvalue weighted by Crippen LogP contribution is -2.37. The molecule has 0 rings (SSSR count). The van der Waals surface area contributed by atoms with E-state index in [1.54, 1.807) is 30.4 Å². The zero-order valence-corrected chi connectivity index (χ0v) is 36.8. The topological polar surface area (TPSA) is 111 Å². The zero-order chi connectivity index (χ0) is 42.8. The minimum absolute atomic E-state index is 0.0891. The fraction of sp³-hybridized carbons (Fsp3) is 0.458. The lowest BCUT2D eigenvalue weighted by Gasteiger charge is -2.28. The first kappa shape index (κ1) is 53.9. The molecular formula is C48H72NO8P. The van der Waals surface area contributed by atoms with Gasteiger partial charge in [0.15, 0.2) is 6.10 Å². The predicted octanol–water partition coefficient (Wildman–Crippen LogP) is 11.0. The van der Waals surface area contributed by atoms with Crippen LogP contribution in [0.3, 0.4) is 0 Å². The van der Waals surface area contributed by atoms with Gasteiger partial charge in [-0.05, 0) is 25.7 Å². The van der Waals surface area contributed by atoms with E-state index in [4.69, 9.17) is 18.5 Å². The number of phosphoric acid groups is 1. The summed E-state index contributed by atoms with van der Waals surface area (Å²) in [6.45, 7) is 3.74. The smallest absolute Gasteiger partial charge is 0.331 e. The van der Waals surface area contributed by atoms with Crippen LogP contribution in [0.1, 0.15) is 90.9 Å². The molecule has 0 radical (unpaired) electrons. The van der Waals surface area contributed by atoms with Crippen molar-refractivity contribution in [3.8, 4) is 0 Å². The van der Waals surface area contributed by atoms with Crippen molar-refractivity contribution < 1.29 is 42.1 Å². The minimum atomic E-state index is -4.71. The van der Waals surface area contributed by atoms with Gasteiger partial charge in [0.25, 0.3) is 7.82 Å². The summed E-state index contributed by atoms with van der Waals surface area (Å²) in [6, 6.07) is 0. The summed E-state index contributed by atoms with van der Waals surface area (Å²) >= 11 is 0. The van der Waals surface area contributed by atoms with Crippen LogP contribution in [-0.2, 0) is 32.7 Å². The lowest BCUT2D eigenvalue weighted by atomic mass is 10.1. The second-order valence-corrected chi connectivity index (χ2v) is 15.7. The van der Waals surface area contributed by atoms with Crippen LogP contribution < -0.4 is 4.89 Å². The van der Waals surface area contributed by atoms with E-state index in [0.717, 1.165) is 12.8 Å². The minimum Gasteiger partial charge on any atom is -0.756 e. The van der Waals surface area contributed by atoms with E-state index >= 15 is 0 Å². The predicted molar refractivity (Wildman–Crippen MR) is 240 cm³/mol. The number of ether oxygens (including phenoxy) is 2. The molecular weight excluding hydrogens is 750 g/mol. The number of allylic oxidation sites excluding steroid dienone is 22. The van der Waals surface area contributed by atoms with Gasteiger partial charge in [-0.25, -0.2) is 9.59 Å². The highest BCUT2D eigenvalue weighted by molar-refractivity contribution is 7.45. The van der Waals surface area contributed by atoms with Gasteiger partial charge in [0, 0.05) is 12.2 Å². The lowest BCUT2D eigenvalue weighted by molar-refractivity contribution is -0.870. The van der Waals surface area contributed by atoms with Crippen molar-refractivity contribution in [1.29, 1.82) is 0 Å². The van der Waals surface area contributed by atoms with Crippen molar-refractivity contribution in [2.45, 2.75) is 97.0 Å². The van der Waals surface area contributed by atoms with Crippen LogP contribution in [0.15, 0.2) is 146 Å². The van der Waals surface area contributed by atoms with Gasteiger partial charge in [0.05, 0.1) is 27.7 Å². The Morgan fingerprint density at radius 3 is 1.36 bits per heavy atom. The van der Waals surface area contributed by atoms with Crippen LogP contribution in [0.2, 0.25) is 0 Å². The molecule has 0 aromatic rings. The van der Waals surface area contributed by atoms with Crippen molar-refractivity contribution >= 4 is 19.8 Å². The fourth-order valence-corrected chi connectivity index (χ4v) is 5.29. The van der Waals surface area contributed by atoms with Crippen LogP contribution in [0.25, 0.3) is 0 Å². The molecule has 0 saturated carbocycles. The van der Waals surface area contributed by atoms with Gasteiger partial charge in [0.1, 0.15) is 19.8 Å². The summed E-state index contributed by atoms with van der Waals surface area (Å²) in [5.74, 6) is -1.49. The summed E-state index contributed by atoms with van der Waals surface area (Å²) in [5, 5.41) is 0. The average Bonchev–Trinajstić information content (AvgIpc) is 3.17. The molecule has 0 N–H and O–H groups in total. The number of carbonyl (C=O) groups excluding carboxylic acids is 2. The molecule has 0 spiro atoms. The Morgan fingerprint density at radius 2 is 0.931 bits per heavy atom. The van der Waals surface area contributed by atoms with Crippen LogP contribution in [0, 0.1) is 0 Å². The summed E-state index contributed by atoms with van der Waals surface area (Å²) in [6.07, 6.45) is 57.3. The third-order valence-corrected chi connectivity index (χ3v) is 8.77. The van der Waals surface area contributed by atoms with Crippen LogP contribution >= 0.6 is 7.82 Å². The first-order chi connectivity index (χ1) is 28.0. The molecule has 58 heavy (non-hydrogen) atoms. The molecule has 0 aliphatic heterocycles. The Kier molecular flexibility index (Phi) is 35.7. The summed E-state index contributed by atoms with van der Waals surface area (Å²) in [5.41, 5.74) is 0. The zero-order valence-electron chi connectivity index (χ0n) is 35.9. The first-order valence-electron chi connectivity index (χ1n) is 20.8. The Morgan fingerprint density at radius 1 is 0.534 bits per heavy atom. The molecule has 0 aromatic heterocycles. The first-order valence-corrected chi connectivity index (χ1v) is 22.2. The molecule has 0 heterocycles. The average molecular weight is 822 g/mol. The summed E-state index contributed by atoms with van der Waals surface area (Å²) in [7, 11) is 0.969. The second kappa shape index (κ2) is 38.4. The molecule has 0 fully saturated rings. The Bertz CT molecular complexity index is 1480. The van der Waals surface area contributed by atoms with Gasteiger partial charge >= 0.3 is 11.9 Å². The number of hydrogen-bond acceptors (Lipinski definition) is 8. The summed E-state index contributed by atoms with van der Waals surface area (Å²) < 4.78 is 33.3. The molecule has 10 heteroatoms. The molecule has 0 aliphatic rings. The van der Waals surface area contributed by atoms with Crippen LogP contribution in [0.5, 0.6) is 0 Å². The maximum atomic E-state index is 12.5. The Labute approximate surface area is 351 Å². The molecule has 322 valence electrons. The highest BCUT2D eigenvalue weighted by atomic mass is 31.2. The third-order valence-electron chi connectivity index (χ3n) is 7.81. The highest BCUT2D eigenvalue weighted by Gasteiger charge is 2.20. The maximum absolute atomic E-state index is 12.5. The number of esters is 2. The number of nitrogens with zero attached hydrogens (tertiary/aromatic N) is 1. The number of phosphoric ester groups is 1. The maximum Gasteiger partial charge on any atom is 0.331 e. The number of unbranched alkanes of at least 4 members (excludes halogenated alkanes) is 10. The van der Waals surface area contributed by atoms with Crippen molar-refractivity contribution in [3.05, 3.63) is 146 Å². The number of rotatable bonds is 34. The van der Waals surface area contributed by atoms with Gasteiger partial charge in [-0.1, -0.05) is 199 Å². The van der Waals surface area contributed by atoms with E-state index in [2.05, 4.69) is 38.2 Å². The Hall–Kier alpha value is -4.11. The monoisotopic (exact) mass is 821 g/mol. The number of quaternary nitrogens is 1. The second-order valence-electron chi connectivity index (χ2n) is 14.3. The van der Waals surface area contributed by atoms with Gasteiger partial charge in [0.2, 0.25) is 0 Å². The van der Waals surface area contributed by atoms with Crippen molar-refractivity contribution in [2.24, 2.45) is 0 Å². The van der Waals surface area contributed by atoms with Crippen LogP contribution in [0.4, 0.5) is 0 Å². The van der Waals surface area contributed by atoms with Crippen molar-refractivity contribution in [1.82, 2.24) is 0 Å². The molecule has 9 nitrogen and oxygen atoms in total. The molecule has 0 aliphatic carbocycles. The molecule has 0 bridgehead atoms.